The molecule has 0 aromatic heterocycles. The Balaban J connectivity index is 0.935. The second kappa shape index (κ2) is 16.2. The second-order valence-electron chi connectivity index (χ2n) is 21.4. The van der Waals surface area contributed by atoms with Crippen LogP contribution < -0.4 is 71.5 Å². The predicted molar refractivity (Wildman–Crippen MR) is 323 cm³/mol. The molecular weight excluding hydrogens is 968 g/mol. The van der Waals surface area contributed by atoms with Crippen molar-refractivity contribution in [2.75, 3.05) is 31.0 Å². The maximum Gasteiger partial charge on any atom is 0.256 e. The average molecular weight is 1010 g/mol. The number of ether oxygens (including phenoxy) is 3. The number of hydrogen-bond acceptors (Lipinski definition) is 8. The number of hydrogen-bond donors (Lipinski definition) is 0. The minimum Gasteiger partial charge on any atom is -0.458 e. The van der Waals surface area contributed by atoms with Gasteiger partial charge in [0.05, 0.1) is 34.1 Å². The smallest absolute Gasteiger partial charge is 0.256 e. The number of rotatable bonds is 4. The van der Waals surface area contributed by atoms with Crippen LogP contribution in [-0.2, 0) is 6.42 Å². The molecule has 0 spiro atoms. The van der Waals surface area contributed by atoms with Crippen LogP contribution in [0.25, 0.3) is 0 Å². The van der Waals surface area contributed by atoms with Crippen LogP contribution in [0.15, 0.2) is 237 Å². The first kappa shape index (κ1) is 43.1. The lowest BCUT2D eigenvalue weighted by Gasteiger charge is -2.49. The molecule has 10 heteroatoms. The molecule has 7 heterocycles. The molecule has 0 amide bonds. The normalized spacial score (nSPS) is 14.8. The van der Waals surface area contributed by atoms with Gasteiger partial charge in [0.2, 0.25) is 0 Å². The van der Waals surface area contributed by atoms with Crippen molar-refractivity contribution in [3.8, 4) is 34.5 Å². The molecule has 8 nitrogen and oxygen atoms in total. The van der Waals surface area contributed by atoms with Gasteiger partial charge in [-0.1, -0.05) is 127 Å². The third kappa shape index (κ3) is 6.00. The van der Waals surface area contributed by atoms with Crippen LogP contribution in [0.3, 0.4) is 0 Å². The summed E-state index contributed by atoms with van der Waals surface area (Å²) in [4.78, 5) is 12.5. The third-order valence-electron chi connectivity index (χ3n) is 17.3. The van der Waals surface area contributed by atoms with Crippen LogP contribution in [0, 0.1) is 0 Å². The van der Waals surface area contributed by atoms with Gasteiger partial charge in [-0.3, -0.25) is 0 Å². The fourth-order valence-corrected chi connectivity index (χ4v) is 14.3. The quantitative estimate of drug-likeness (QED) is 0.162. The monoisotopic (exact) mass is 1010 g/mol. The summed E-state index contributed by atoms with van der Waals surface area (Å²) >= 11 is 0. The molecule has 0 aliphatic carbocycles. The SMILES string of the molecule is c1ccc(N2c3ccccc3B3c4cc5c6c(c4N(c4ccccc4)c4cc(N7c8ccccc8Oc8ccccc87)cc2c43)CCCN6c2cc(N3c4ccccc4Oc4ccccc43)cc3c2B5c2ccccc2O3)cc1. The summed E-state index contributed by atoms with van der Waals surface area (Å²) in [6, 6.07) is 85.7. The van der Waals surface area contributed by atoms with Crippen LogP contribution in [-0.4, -0.2) is 20.0 Å². The average Bonchev–Trinajstić information content (AvgIpc) is 3.69. The maximum absolute atomic E-state index is 7.18. The Kier molecular flexibility index (Phi) is 8.86. The first-order valence-corrected chi connectivity index (χ1v) is 27.4. The van der Waals surface area contributed by atoms with Gasteiger partial charge in [-0.15, -0.1) is 0 Å². The van der Waals surface area contributed by atoms with E-state index in [9.17, 15) is 0 Å². The molecule has 0 N–H and O–H groups in total. The summed E-state index contributed by atoms with van der Waals surface area (Å²) in [6.07, 6.45) is 1.89. The lowest BCUT2D eigenvalue weighted by Crippen LogP contribution is -2.65. The molecule has 0 fully saturated rings. The zero-order valence-electron chi connectivity index (χ0n) is 42.8. The van der Waals surface area contributed by atoms with E-state index in [4.69, 9.17) is 14.2 Å². The summed E-state index contributed by atoms with van der Waals surface area (Å²) in [5.74, 6) is 5.05. The van der Waals surface area contributed by atoms with Gasteiger partial charge in [-0.25, -0.2) is 0 Å². The number of nitrogens with zero attached hydrogens (tertiary/aromatic N) is 5. The Morgan fingerprint density at radius 3 is 1.33 bits per heavy atom. The van der Waals surface area contributed by atoms with Crippen LogP contribution >= 0.6 is 0 Å². The molecule has 79 heavy (non-hydrogen) atoms. The number of benzene rings is 11. The van der Waals surface area contributed by atoms with Gasteiger partial charge in [0.15, 0.2) is 23.0 Å². The molecule has 18 rings (SSSR count). The van der Waals surface area contributed by atoms with E-state index in [1.165, 1.54) is 61.1 Å². The summed E-state index contributed by atoms with van der Waals surface area (Å²) in [5.41, 5.74) is 24.4. The topological polar surface area (TPSA) is 43.9 Å². The zero-order chi connectivity index (χ0) is 51.4. The van der Waals surface area contributed by atoms with Crippen LogP contribution in [0.5, 0.6) is 34.5 Å². The lowest BCUT2D eigenvalue weighted by molar-refractivity contribution is 0.476. The van der Waals surface area contributed by atoms with Crippen LogP contribution in [0.1, 0.15) is 12.0 Å². The van der Waals surface area contributed by atoms with E-state index in [1.807, 2.05) is 12.1 Å². The third-order valence-corrected chi connectivity index (χ3v) is 17.3. The standard InChI is InChI=1S/C69H45B2N5O3/c1-3-20-43(21-4-1)73-52-27-9-7-25-48(52)70-51-42-50-68-47(69(51)76(44-22-5-2-6-23-44)59-40-45(39-58(73)66(59)70)74-53-28-10-15-33-61(53)78-62-34-16-11-29-54(62)74)24-19-37-72(68)57-38-46(41-65-67(57)71(50)49-26-8-14-32-60(49)77-65)75-55-30-12-17-35-63(55)79-64-36-18-13-31-56(64)75/h1-18,20-23,25-36,38-42H,19,24,37H2. The molecule has 7 aliphatic rings. The summed E-state index contributed by atoms with van der Waals surface area (Å²) < 4.78 is 20.4. The molecule has 0 atom stereocenters. The van der Waals surface area contributed by atoms with Crippen molar-refractivity contribution in [3.63, 3.8) is 0 Å². The van der Waals surface area contributed by atoms with Gasteiger partial charge in [-0.2, -0.15) is 0 Å². The Morgan fingerprint density at radius 1 is 0.291 bits per heavy atom. The number of anilines is 14. The van der Waals surface area contributed by atoms with Crippen molar-refractivity contribution in [2.24, 2.45) is 0 Å². The highest BCUT2D eigenvalue weighted by Crippen LogP contribution is 2.56. The maximum atomic E-state index is 7.18. The number of para-hydroxylation sites is 12. The van der Waals surface area contributed by atoms with Crippen molar-refractivity contribution in [1.29, 1.82) is 0 Å². The molecule has 0 radical (unpaired) electrons. The van der Waals surface area contributed by atoms with Crippen molar-refractivity contribution >= 4 is 126 Å². The van der Waals surface area contributed by atoms with Crippen molar-refractivity contribution in [3.05, 3.63) is 242 Å². The van der Waals surface area contributed by atoms with E-state index in [-0.39, 0.29) is 13.4 Å². The predicted octanol–water partition coefficient (Wildman–Crippen LogP) is 13.9. The molecule has 0 saturated carbocycles. The summed E-state index contributed by atoms with van der Waals surface area (Å²) in [6.45, 7) is 0.672. The lowest BCUT2D eigenvalue weighted by atomic mass is 9.30. The highest BCUT2D eigenvalue weighted by molar-refractivity contribution is 7.02. The minimum absolute atomic E-state index is 0.0869. The van der Waals surface area contributed by atoms with Gasteiger partial charge < -0.3 is 38.7 Å². The van der Waals surface area contributed by atoms with Gasteiger partial charge in [-0.05, 0) is 154 Å². The molecule has 370 valence electrons. The van der Waals surface area contributed by atoms with E-state index >= 15 is 0 Å². The first-order valence-electron chi connectivity index (χ1n) is 27.4. The Bertz CT molecular complexity index is 4330. The molecule has 0 unspecified atom stereocenters. The van der Waals surface area contributed by atoms with E-state index in [2.05, 4.69) is 249 Å². The highest BCUT2D eigenvalue weighted by atomic mass is 16.5. The van der Waals surface area contributed by atoms with E-state index in [0.29, 0.717) is 0 Å². The fourth-order valence-electron chi connectivity index (χ4n) is 14.3. The van der Waals surface area contributed by atoms with Gasteiger partial charge >= 0.3 is 0 Å². The van der Waals surface area contributed by atoms with Gasteiger partial charge in [0.1, 0.15) is 11.5 Å². The van der Waals surface area contributed by atoms with Crippen LogP contribution in [0.2, 0.25) is 0 Å². The van der Waals surface area contributed by atoms with E-state index in [0.717, 1.165) is 111 Å². The van der Waals surface area contributed by atoms with Crippen molar-refractivity contribution < 1.29 is 14.2 Å². The van der Waals surface area contributed by atoms with Gasteiger partial charge in [0, 0.05) is 58.1 Å². The minimum atomic E-state index is -0.105. The van der Waals surface area contributed by atoms with E-state index < -0.39 is 0 Å². The van der Waals surface area contributed by atoms with Gasteiger partial charge in [0.25, 0.3) is 13.4 Å². The molecule has 7 aliphatic heterocycles. The molecular formula is C69H45B2N5O3. The van der Waals surface area contributed by atoms with E-state index in [1.54, 1.807) is 0 Å². The fraction of sp³-hybridized carbons (Fsp3) is 0.0435. The zero-order valence-corrected chi connectivity index (χ0v) is 42.8. The molecule has 11 aromatic rings. The van der Waals surface area contributed by atoms with Crippen molar-refractivity contribution in [2.45, 2.75) is 12.8 Å². The highest BCUT2D eigenvalue weighted by Gasteiger charge is 2.50. The van der Waals surface area contributed by atoms with Crippen molar-refractivity contribution in [1.82, 2.24) is 0 Å². The molecule has 0 bridgehead atoms. The Labute approximate surface area is 458 Å². The van der Waals surface area contributed by atoms with Crippen LogP contribution in [0.4, 0.5) is 79.6 Å². The second-order valence-corrected chi connectivity index (χ2v) is 21.4. The number of fused-ring (bicyclic) bond motifs is 13. The largest absolute Gasteiger partial charge is 0.458 e. The molecule has 0 saturated heterocycles. The molecule has 11 aromatic carbocycles. The summed E-state index contributed by atoms with van der Waals surface area (Å²) in [7, 11) is 0. The Morgan fingerprint density at radius 2 is 0.722 bits per heavy atom. The Hall–Kier alpha value is -10.1. The summed E-state index contributed by atoms with van der Waals surface area (Å²) in [5, 5.41) is 0. The first-order chi connectivity index (χ1) is 39.2.